The molecule has 1 unspecified atom stereocenters. The third kappa shape index (κ3) is 5.95. The van der Waals surface area contributed by atoms with Gasteiger partial charge in [0.15, 0.2) is 5.96 Å². The van der Waals surface area contributed by atoms with E-state index in [0.717, 1.165) is 40.5 Å². The van der Waals surface area contributed by atoms with Crippen molar-refractivity contribution in [1.29, 1.82) is 0 Å². The fourth-order valence-electron chi connectivity index (χ4n) is 3.16. The van der Waals surface area contributed by atoms with E-state index in [1.54, 1.807) is 0 Å². The number of nitrogens with two attached hydrogens (primary N) is 2. The van der Waals surface area contributed by atoms with Crippen LogP contribution in [0.4, 0.5) is 5.69 Å². The van der Waals surface area contributed by atoms with Gasteiger partial charge in [0.25, 0.3) is 0 Å². The Labute approximate surface area is 176 Å². The predicted octanol–water partition coefficient (Wildman–Crippen LogP) is 1.94. The number of hydrogen-bond donors (Lipinski definition) is 6. The Morgan fingerprint density at radius 1 is 1.21 bits per heavy atom. The molecule has 0 aliphatic carbocycles. The lowest BCUT2D eigenvalue weighted by Crippen LogP contribution is -2.40. The van der Waals surface area contributed by atoms with Crippen molar-refractivity contribution in [3.63, 3.8) is 0 Å². The van der Waals surface area contributed by atoms with E-state index < -0.39 is 0 Å². The Bertz CT molecular complexity index is 894. The summed E-state index contributed by atoms with van der Waals surface area (Å²) in [7, 11) is 0. The zero-order valence-electron chi connectivity index (χ0n) is 16.5. The van der Waals surface area contributed by atoms with Gasteiger partial charge in [-0.2, -0.15) is 0 Å². The Hall–Kier alpha value is -2.58. The monoisotopic (exact) mass is 413 g/mol. The number of rotatable bonds is 9. The summed E-state index contributed by atoms with van der Waals surface area (Å²) in [5.74, 6) is 0.387. The Morgan fingerprint density at radius 2 is 2.03 bits per heavy atom. The lowest BCUT2D eigenvalue weighted by molar-refractivity contribution is 0.607. The standard InChI is InChI=1S/C21H28ClN7/c1-14-17(6-3-7-18(14)22)19-11-20(29-21(24)28-19)26-9-8-15-4-2-5-16(10-15)27-13-25-12-23/h2-7,10-11,20,25-27H,8-9,12-13,23H2,1H3,(H3,24,28,29). The van der Waals surface area contributed by atoms with Crippen LogP contribution in [-0.2, 0) is 6.42 Å². The maximum absolute atomic E-state index is 6.26. The number of guanidine groups is 1. The fraction of sp³-hybridized carbons (Fsp3) is 0.286. The van der Waals surface area contributed by atoms with Gasteiger partial charge in [-0.25, -0.2) is 4.99 Å². The van der Waals surface area contributed by atoms with Gasteiger partial charge in [-0.1, -0.05) is 35.9 Å². The van der Waals surface area contributed by atoms with E-state index >= 15 is 0 Å². The SMILES string of the molecule is Cc1c(Cl)cccc1C1=CC(NCCc2cccc(NCNCN)c2)N=C(N)N1. The van der Waals surface area contributed by atoms with Crippen LogP contribution in [0.3, 0.4) is 0 Å². The molecule has 8 N–H and O–H groups in total. The number of halogens is 1. The Balaban J connectivity index is 1.60. The smallest absolute Gasteiger partial charge is 0.195 e. The summed E-state index contributed by atoms with van der Waals surface area (Å²) in [4.78, 5) is 4.44. The number of benzene rings is 2. The summed E-state index contributed by atoms with van der Waals surface area (Å²) in [5.41, 5.74) is 16.7. The quantitative estimate of drug-likeness (QED) is 0.277. The summed E-state index contributed by atoms with van der Waals surface area (Å²) < 4.78 is 0. The number of aliphatic imine (C=N–C) groups is 1. The van der Waals surface area contributed by atoms with Crippen molar-refractivity contribution in [3.8, 4) is 0 Å². The second kappa shape index (κ2) is 10.3. The first-order chi connectivity index (χ1) is 14.1. The molecule has 29 heavy (non-hydrogen) atoms. The average molecular weight is 414 g/mol. The van der Waals surface area contributed by atoms with Crippen LogP contribution in [0.25, 0.3) is 5.70 Å². The maximum Gasteiger partial charge on any atom is 0.195 e. The molecule has 0 saturated heterocycles. The minimum Gasteiger partial charge on any atom is -0.372 e. The van der Waals surface area contributed by atoms with Crippen molar-refractivity contribution in [2.24, 2.45) is 16.5 Å². The van der Waals surface area contributed by atoms with Gasteiger partial charge in [-0.3, -0.25) is 10.6 Å². The van der Waals surface area contributed by atoms with Gasteiger partial charge in [0.1, 0.15) is 6.17 Å². The summed E-state index contributed by atoms with van der Waals surface area (Å²) in [6.07, 6.45) is 2.71. The molecule has 7 nitrogen and oxygen atoms in total. The van der Waals surface area contributed by atoms with Crippen molar-refractivity contribution < 1.29 is 0 Å². The van der Waals surface area contributed by atoms with E-state index in [1.165, 1.54) is 5.56 Å². The topological polar surface area (TPSA) is 113 Å². The molecule has 0 amide bonds. The van der Waals surface area contributed by atoms with Crippen LogP contribution in [0.2, 0.25) is 5.02 Å². The summed E-state index contributed by atoms with van der Waals surface area (Å²) >= 11 is 6.26. The van der Waals surface area contributed by atoms with Crippen molar-refractivity contribution in [2.75, 3.05) is 25.2 Å². The molecule has 0 bridgehead atoms. The van der Waals surface area contributed by atoms with Gasteiger partial charge in [-0.05, 0) is 48.7 Å². The van der Waals surface area contributed by atoms with Crippen molar-refractivity contribution in [1.82, 2.24) is 16.0 Å². The van der Waals surface area contributed by atoms with E-state index in [-0.39, 0.29) is 6.17 Å². The molecule has 2 aromatic carbocycles. The first-order valence-electron chi connectivity index (χ1n) is 9.61. The third-order valence-electron chi connectivity index (χ3n) is 4.68. The zero-order valence-corrected chi connectivity index (χ0v) is 17.3. The number of anilines is 1. The summed E-state index contributed by atoms with van der Waals surface area (Å²) in [6, 6.07) is 14.2. The third-order valence-corrected chi connectivity index (χ3v) is 5.09. The first-order valence-corrected chi connectivity index (χ1v) is 9.99. The highest BCUT2D eigenvalue weighted by atomic mass is 35.5. The van der Waals surface area contributed by atoms with E-state index in [1.807, 2.05) is 43.3 Å². The molecule has 8 heteroatoms. The lowest BCUT2D eigenvalue weighted by Gasteiger charge is -2.22. The highest BCUT2D eigenvalue weighted by Crippen LogP contribution is 2.25. The molecule has 0 aromatic heterocycles. The van der Waals surface area contributed by atoms with Gasteiger partial charge >= 0.3 is 0 Å². The molecule has 1 atom stereocenters. The minimum absolute atomic E-state index is 0.195. The molecule has 1 heterocycles. The molecule has 1 aliphatic heterocycles. The van der Waals surface area contributed by atoms with Gasteiger partial charge < -0.3 is 22.1 Å². The number of nitrogens with one attached hydrogen (secondary N) is 4. The van der Waals surface area contributed by atoms with Crippen molar-refractivity contribution >= 4 is 28.9 Å². The van der Waals surface area contributed by atoms with Crippen LogP contribution >= 0.6 is 11.6 Å². The molecule has 1 aliphatic rings. The van der Waals surface area contributed by atoms with E-state index in [0.29, 0.717) is 19.3 Å². The van der Waals surface area contributed by atoms with Gasteiger partial charge in [0.05, 0.1) is 6.67 Å². The lowest BCUT2D eigenvalue weighted by atomic mass is 10.0. The summed E-state index contributed by atoms with van der Waals surface area (Å²) in [5, 5.41) is 13.6. The van der Waals surface area contributed by atoms with Crippen LogP contribution < -0.4 is 32.7 Å². The highest BCUT2D eigenvalue weighted by Gasteiger charge is 2.16. The first kappa shape index (κ1) is 21.1. The second-order valence-corrected chi connectivity index (χ2v) is 7.20. The van der Waals surface area contributed by atoms with E-state index in [9.17, 15) is 0 Å². The Kier molecular flexibility index (Phi) is 7.48. The fourth-order valence-corrected chi connectivity index (χ4v) is 3.33. The van der Waals surface area contributed by atoms with Crippen LogP contribution in [0, 0.1) is 6.92 Å². The Morgan fingerprint density at radius 3 is 2.86 bits per heavy atom. The van der Waals surface area contributed by atoms with E-state index in [2.05, 4.69) is 38.4 Å². The zero-order chi connectivity index (χ0) is 20.6. The second-order valence-electron chi connectivity index (χ2n) is 6.79. The molecule has 0 radical (unpaired) electrons. The van der Waals surface area contributed by atoms with Crippen LogP contribution in [0.15, 0.2) is 53.5 Å². The predicted molar refractivity (Wildman–Crippen MR) is 122 cm³/mol. The molecule has 0 saturated carbocycles. The normalized spacial score (nSPS) is 16.0. The molecular weight excluding hydrogens is 386 g/mol. The van der Waals surface area contributed by atoms with Gasteiger partial charge in [0, 0.05) is 35.2 Å². The number of hydrogen-bond acceptors (Lipinski definition) is 7. The largest absolute Gasteiger partial charge is 0.372 e. The molecule has 2 aromatic rings. The average Bonchev–Trinajstić information content (AvgIpc) is 2.70. The summed E-state index contributed by atoms with van der Waals surface area (Å²) in [6.45, 7) is 3.84. The van der Waals surface area contributed by atoms with Crippen molar-refractivity contribution in [3.05, 3.63) is 70.3 Å². The highest BCUT2D eigenvalue weighted by molar-refractivity contribution is 6.31. The van der Waals surface area contributed by atoms with Crippen LogP contribution in [0.1, 0.15) is 16.7 Å². The molecule has 0 fully saturated rings. The van der Waals surface area contributed by atoms with Gasteiger partial charge in [0.2, 0.25) is 0 Å². The van der Waals surface area contributed by atoms with Crippen molar-refractivity contribution in [2.45, 2.75) is 19.5 Å². The van der Waals surface area contributed by atoms with Gasteiger partial charge in [-0.15, -0.1) is 0 Å². The minimum atomic E-state index is -0.195. The maximum atomic E-state index is 6.26. The van der Waals surface area contributed by atoms with Crippen LogP contribution in [0.5, 0.6) is 0 Å². The molecule has 154 valence electrons. The number of nitrogens with zero attached hydrogens (tertiary/aromatic N) is 1. The molecule has 0 spiro atoms. The van der Waals surface area contributed by atoms with E-state index in [4.69, 9.17) is 23.1 Å². The molecule has 3 rings (SSSR count). The molecular formula is C21H28ClN7. The van der Waals surface area contributed by atoms with Crippen LogP contribution in [-0.4, -0.2) is 32.0 Å².